The van der Waals surface area contributed by atoms with E-state index in [4.69, 9.17) is 21.6 Å². The maximum atomic E-state index is 14.9. The molecule has 2 aromatic carbocycles. The average molecular weight is 439 g/mol. The van der Waals surface area contributed by atoms with Crippen molar-refractivity contribution in [1.82, 2.24) is 10.3 Å². The number of halogens is 2. The Morgan fingerprint density at radius 3 is 2.31 bits per heavy atom. The van der Waals surface area contributed by atoms with Gasteiger partial charge in [0.05, 0.1) is 5.56 Å². The summed E-state index contributed by atoms with van der Waals surface area (Å²) in [5.74, 6) is -2.27. The number of hydrogen-bond acceptors (Lipinski definition) is 5. The Balaban J connectivity index is 1.81. The number of amides is 1. The highest BCUT2D eigenvalue weighted by molar-refractivity contribution is 5.94. The number of carbonyl (C=O) groups excluding carboxylic acids is 1. The van der Waals surface area contributed by atoms with Gasteiger partial charge in [-0.15, -0.1) is 0 Å². The molecule has 0 saturated carbocycles. The largest absolute Gasteiger partial charge is 0.384 e. The quantitative estimate of drug-likeness (QED) is 0.316. The van der Waals surface area contributed by atoms with Gasteiger partial charge in [-0.05, 0) is 42.3 Å². The number of nitrogens with one attached hydrogen (secondary N) is 2. The van der Waals surface area contributed by atoms with Crippen LogP contribution >= 0.6 is 0 Å². The lowest BCUT2D eigenvalue weighted by Gasteiger charge is -2.19. The summed E-state index contributed by atoms with van der Waals surface area (Å²) in [4.78, 5) is 16.7. The highest BCUT2D eigenvalue weighted by atomic mass is 19.1. The first-order chi connectivity index (χ1) is 15.3. The molecular formula is C23H23F2N5O2. The Morgan fingerprint density at radius 2 is 1.78 bits per heavy atom. The van der Waals surface area contributed by atoms with Crippen LogP contribution in [-0.4, -0.2) is 23.3 Å². The summed E-state index contributed by atoms with van der Waals surface area (Å²) in [6.07, 6.45) is -0.0528. The number of rotatable bonds is 8. The smallest absolute Gasteiger partial charge is 0.254 e. The second-order valence-corrected chi connectivity index (χ2v) is 6.99. The first kappa shape index (κ1) is 22.8. The van der Waals surface area contributed by atoms with Crippen molar-refractivity contribution in [2.75, 3.05) is 12.3 Å². The van der Waals surface area contributed by atoms with Gasteiger partial charge in [0.1, 0.15) is 23.3 Å². The van der Waals surface area contributed by atoms with Crippen molar-refractivity contribution >= 4 is 17.6 Å². The van der Waals surface area contributed by atoms with Gasteiger partial charge in [0.15, 0.2) is 6.10 Å². The summed E-state index contributed by atoms with van der Waals surface area (Å²) in [5, 5.41) is 10.0. The van der Waals surface area contributed by atoms with Gasteiger partial charge in [-0.2, -0.15) is 0 Å². The number of pyridine rings is 1. The lowest BCUT2D eigenvalue weighted by molar-refractivity contribution is -0.133. The fourth-order valence-corrected chi connectivity index (χ4v) is 3.12. The lowest BCUT2D eigenvalue weighted by Crippen LogP contribution is -2.31. The molecule has 7 nitrogen and oxygen atoms in total. The molecule has 0 aliphatic heterocycles. The van der Waals surface area contributed by atoms with Crippen LogP contribution < -0.4 is 16.8 Å². The molecule has 1 amide bonds. The Morgan fingerprint density at radius 1 is 1.12 bits per heavy atom. The minimum Gasteiger partial charge on any atom is -0.384 e. The van der Waals surface area contributed by atoms with Crippen molar-refractivity contribution in [3.8, 4) is 11.1 Å². The maximum Gasteiger partial charge on any atom is 0.254 e. The third-order valence-electron chi connectivity index (χ3n) is 4.76. The SMILES string of the molecule is CCOC(C(=O)NCc1ccc(C(=N)N)cc1)c1c(F)cc(-c2ccc(N)nc2)cc1F. The van der Waals surface area contributed by atoms with E-state index in [0.717, 1.165) is 17.7 Å². The van der Waals surface area contributed by atoms with Gasteiger partial charge in [0.2, 0.25) is 0 Å². The molecule has 0 saturated heterocycles. The number of nitrogens with two attached hydrogens (primary N) is 2. The van der Waals surface area contributed by atoms with Crippen LogP contribution in [-0.2, 0) is 16.1 Å². The summed E-state index contributed by atoms with van der Waals surface area (Å²) >= 11 is 0. The van der Waals surface area contributed by atoms with Gasteiger partial charge >= 0.3 is 0 Å². The van der Waals surface area contributed by atoms with Gasteiger partial charge in [0.25, 0.3) is 5.91 Å². The molecule has 1 atom stereocenters. The number of nitrogen functional groups attached to an aromatic ring is 2. The molecule has 0 bridgehead atoms. The van der Waals surface area contributed by atoms with E-state index in [1.54, 1.807) is 37.3 Å². The van der Waals surface area contributed by atoms with Crippen LogP contribution in [0.3, 0.4) is 0 Å². The number of nitrogens with zero attached hydrogens (tertiary/aromatic N) is 1. The predicted molar refractivity (Wildman–Crippen MR) is 118 cm³/mol. The van der Waals surface area contributed by atoms with E-state index in [1.165, 1.54) is 12.3 Å². The first-order valence-electron chi connectivity index (χ1n) is 9.83. The first-order valence-corrected chi connectivity index (χ1v) is 9.83. The Labute approximate surface area is 183 Å². The number of hydrogen-bond donors (Lipinski definition) is 4. The summed E-state index contributed by atoms with van der Waals surface area (Å²) < 4.78 is 35.2. The molecule has 0 aliphatic rings. The van der Waals surface area contributed by atoms with Crippen LogP contribution in [0.5, 0.6) is 0 Å². The molecule has 6 N–H and O–H groups in total. The molecule has 0 spiro atoms. The third kappa shape index (κ3) is 5.25. The Bertz CT molecular complexity index is 1100. The van der Waals surface area contributed by atoms with Crippen molar-refractivity contribution in [2.45, 2.75) is 19.6 Å². The van der Waals surface area contributed by atoms with Crippen LogP contribution in [0.1, 0.15) is 29.7 Å². The second-order valence-electron chi connectivity index (χ2n) is 6.99. The fraction of sp³-hybridized carbons (Fsp3) is 0.174. The van der Waals surface area contributed by atoms with Crippen molar-refractivity contribution in [3.63, 3.8) is 0 Å². The third-order valence-corrected chi connectivity index (χ3v) is 4.76. The number of anilines is 1. The van der Waals surface area contributed by atoms with E-state index in [1.807, 2.05) is 0 Å². The van der Waals surface area contributed by atoms with Crippen molar-refractivity contribution < 1.29 is 18.3 Å². The summed E-state index contributed by atoms with van der Waals surface area (Å²) in [6.45, 7) is 1.82. The van der Waals surface area contributed by atoms with Crippen LogP contribution in [0.2, 0.25) is 0 Å². The van der Waals surface area contributed by atoms with Crippen LogP contribution in [0.4, 0.5) is 14.6 Å². The molecule has 3 aromatic rings. The van der Waals surface area contributed by atoms with Crippen LogP contribution in [0.15, 0.2) is 54.7 Å². The fourth-order valence-electron chi connectivity index (χ4n) is 3.12. The molecular weight excluding hydrogens is 416 g/mol. The summed E-state index contributed by atoms with van der Waals surface area (Å²) in [5.41, 5.74) is 12.5. The maximum absolute atomic E-state index is 14.9. The second kappa shape index (κ2) is 9.97. The molecule has 1 unspecified atom stereocenters. The normalized spacial score (nSPS) is 11.7. The molecule has 1 heterocycles. The topological polar surface area (TPSA) is 127 Å². The van der Waals surface area contributed by atoms with Gasteiger partial charge in [-0.1, -0.05) is 24.3 Å². The molecule has 0 radical (unpaired) electrons. The van der Waals surface area contributed by atoms with Gasteiger partial charge in [-0.3, -0.25) is 10.2 Å². The lowest BCUT2D eigenvalue weighted by atomic mass is 10.0. The van der Waals surface area contributed by atoms with Crippen LogP contribution in [0.25, 0.3) is 11.1 Å². The van der Waals surface area contributed by atoms with E-state index in [9.17, 15) is 13.6 Å². The van der Waals surface area contributed by atoms with Crippen molar-refractivity contribution in [1.29, 1.82) is 5.41 Å². The van der Waals surface area contributed by atoms with E-state index in [0.29, 0.717) is 11.1 Å². The zero-order valence-electron chi connectivity index (χ0n) is 17.4. The molecule has 32 heavy (non-hydrogen) atoms. The minimum absolute atomic E-state index is 0.0684. The number of carbonyl (C=O) groups is 1. The number of aromatic nitrogens is 1. The zero-order chi connectivity index (χ0) is 23.3. The van der Waals surface area contributed by atoms with Gasteiger partial charge in [0, 0.05) is 30.5 Å². The van der Waals surface area contributed by atoms with Crippen molar-refractivity contribution in [3.05, 3.63) is 83.1 Å². The van der Waals surface area contributed by atoms with Gasteiger partial charge < -0.3 is 21.5 Å². The monoisotopic (exact) mass is 439 g/mol. The Kier molecular flexibility index (Phi) is 7.11. The molecule has 0 aliphatic carbocycles. The highest BCUT2D eigenvalue weighted by Gasteiger charge is 2.28. The van der Waals surface area contributed by atoms with Crippen molar-refractivity contribution in [2.24, 2.45) is 5.73 Å². The molecule has 1 aromatic heterocycles. The molecule has 3 rings (SSSR count). The standard InChI is InChI=1S/C23H23F2N5O2/c1-2-32-21(23(31)30-11-13-3-5-14(6-4-13)22(27)28)20-17(24)9-16(10-18(20)25)15-7-8-19(26)29-12-15/h3-10,12,21H,2,11H2,1H3,(H2,26,29)(H3,27,28)(H,30,31). The Hall–Kier alpha value is -3.85. The number of ether oxygens (including phenoxy) is 1. The molecule has 0 fully saturated rings. The van der Waals surface area contributed by atoms with E-state index in [-0.39, 0.29) is 30.4 Å². The molecule has 9 heteroatoms. The van der Waals surface area contributed by atoms with Crippen LogP contribution in [0, 0.1) is 17.0 Å². The predicted octanol–water partition coefficient (Wildman–Crippen LogP) is 3.29. The average Bonchev–Trinajstić information content (AvgIpc) is 2.77. The molecule has 166 valence electrons. The van der Waals surface area contributed by atoms with Gasteiger partial charge in [-0.25, -0.2) is 13.8 Å². The van der Waals surface area contributed by atoms with E-state index < -0.39 is 29.2 Å². The summed E-state index contributed by atoms with van der Waals surface area (Å²) in [7, 11) is 0. The summed E-state index contributed by atoms with van der Waals surface area (Å²) in [6, 6.07) is 12.1. The number of benzene rings is 2. The van der Waals surface area contributed by atoms with E-state index >= 15 is 0 Å². The minimum atomic E-state index is -1.46. The zero-order valence-corrected chi connectivity index (χ0v) is 17.4. The van der Waals surface area contributed by atoms with E-state index in [2.05, 4.69) is 10.3 Å². The number of amidine groups is 1. The highest BCUT2D eigenvalue weighted by Crippen LogP contribution is 2.30.